The van der Waals surface area contributed by atoms with Gasteiger partial charge in [0.15, 0.2) is 17.4 Å². The molecule has 2 unspecified atom stereocenters. The van der Waals surface area contributed by atoms with Crippen LogP contribution in [-0.2, 0) is 4.79 Å². The molecule has 0 radical (unpaired) electrons. The number of urea groups is 1. The second kappa shape index (κ2) is 7.58. The Hall–Kier alpha value is -2.52. The number of nitrogens with one attached hydrogen (secondary N) is 1. The normalized spacial score (nSPS) is 20.5. The fourth-order valence-corrected chi connectivity index (χ4v) is 2.70. The first kappa shape index (κ1) is 18.8. The number of aliphatic carboxylic acids is 1. The first-order valence-electron chi connectivity index (χ1n) is 7.40. The average molecular weight is 364 g/mol. The third-order valence-electron chi connectivity index (χ3n) is 3.78. The van der Waals surface area contributed by atoms with Crippen molar-refractivity contribution in [2.45, 2.75) is 20.0 Å². The Labute approximate surface area is 140 Å². The molecule has 2 N–H and O–H groups in total. The Balaban J connectivity index is 2.12. The molecule has 0 bridgehead atoms. The molecule has 10 heteroatoms. The van der Waals surface area contributed by atoms with Gasteiger partial charge in [0, 0.05) is 25.2 Å². The van der Waals surface area contributed by atoms with Crippen LogP contribution in [0, 0.1) is 23.5 Å². The van der Waals surface area contributed by atoms with E-state index in [1.165, 1.54) is 4.90 Å². The van der Waals surface area contributed by atoms with Gasteiger partial charge in [-0.3, -0.25) is 4.79 Å². The van der Waals surface area contributed by atoms with Gasteiger partial charge in [-0.15, -0.1) is 0 Å². The molecule has 0 spiro atoms. The molecule has 0 aliphatic carbocycles. The van der Waals surface area contributed by atoms with E-state index in [1.54, 1.807) is 6.92 Å². The number of likely N-dealkylation sites (tertiary alicyclic amines) is 1. The van der Waals surface area contributed by atoms with Crippen LogP contribution in [0.1, 0.15) is 13.3 Å². The van der Waals surface area contributed by atoms with Gasteiger partial charge in [-0.25, -0.2) is 13.6 Å². The van der Waals surface area contributed by atoms with Crippen LogP contribution in [0.15, 0.2) is 12.1 Å². The summed E-state index contributed by atoms with van der Waals surface area (Å²) in [5.74, 6) is -5.29. The zero-order valence-electron chi connectivity index (χ0n) is 13.1. The summed E-state index contributed by atoms with van der Waals surface area (Å²) in [5.41, 5.74) is -0.561. The van der Waals surface area contributed by atoms with Gasteiger partial charge in [0.05, 0.1) is 11.6 Å². The Morgan fingerprint density at radius 1 is 1.28 bits per heavy atom. The largest absolute Gasteiger partial charge is 0.481 e. The molecule has 1 aromatic rings. The molecule has 2 rings (SSSR count). The number of piperidine rings is 1. The highest BCUT2D eigenvalue weighted by atomic mass is 19.3. The first-order chi connectivity index (χ1) is 11.7. The van der Waals surface area contributed by atoms with Crippen LogP contribution in [0.4, 0.5) is 28.0 Å². The molecule has 0 saturated carbocycles. The lowest BCUT2D eigenvalue weighted by atomic mass is 9.91. The minimum absolute atomic E-state index is 0.0673. The van der Waals surface area contributed by atoms with E-state index >= 15 is 0 Å². The Morgan fingerprint density at radius 3 is 2.56 bits per heavy atom. The summed E-state index contributed by atoms with van der Waals surface area (Å²) < 4.78 is 55.5. The Kier molecular flexibility index (Phi) is 5.70. The fraction of sp³-hybridized carbons (Fsp3) is 0.467. The van der Waals surface area contributed by atoms with Crippen LogP contribution in [0.3, 0.4) is 0 Å². The predicted octanol–water partition coefficient (Wildman–Crippen LogP) is 3.14. The maximum atomic E-state index is 13.9. The summed E-state index contributed by atoms with van der Waals surface area (Å²) in [6.07, 6.45) is 0.405. The lowest BCUT2D eigenvalue weighted by Crippen LogP contribution is -2.47. The molecule has 1 aliphatic heterocycles. The van der Waals surface area contributed by atoms with E-state index in [0.29, 0.717) is 18.6 Å². The molecule has 1 fully saturated rings. The highest BCUT2D eigenvalue weighted by Gasteiger charge is 2.32. The molecule has 25 heavy (non-hydrogen) atoms. The quantitative estimate of drug-likeness (QED) is 0.805. The second-order valence-corrected chi connectivity index (χ2v) is 5.85. The number of nitrogens with zero attached hydrogens (tertiary/aromatic N) is 1. The number of amides is 2. The number of alkyl halides is 2. The number of rotatable bonds is 4. The summed E-state index contributed by atoms with van der Waals surface area (Å²) in [6, 6.07) is 0.113. The smallest absolute Gasteiger partial charge is 0.387 e. The van der Waals surface area contributed by atoms with Crippen molar-refractivity contribution in [2.24, 2.45) is 11.8 Å². The van der Waals surface area contributed by atoms with E-state index in [2.05, 4.69) is 10.1 Å². The summed E-state index contributed by atoms with van der Waals surface area (Å²) >= 11 is 0. The van der Waals surface area contributed by atoms with Gasteiger partial charge in [-0.2, -0.15) is 8.78 Å². The zero-order chi connectivity index (χ0) is 18.7. The summed E-state index contributed by atoms with van der Waals surface area (Å²) in [4.78, 5) is 24.5. The molecule has 2 atom stereocenters. The predicted molar refractivity (Wildman–Crippen MR) is 78.5 cm³/mol. The Morgan fingerprint density at radius 2 is 1.96 bits per heavy atom. The molecule has 1 heterocycles. The van der Waals surface area contributed by atoms with Gasteiger partial charge < -0.3 is 20.1 Å². The van der Waals surface area contributed by atoms with Crippen molar-refractivity contribution in [2.75, 3.05) is 18.4 Å². The molecule has 2 amide bonds. The lowest BCUT2D eigenvalue weighted by molar-refractivity contribution is -0.143. The van der Waals surface area contributed by atoms with E-state index in [9.17, 15) is 27.2 Å². The number of hydrogen-bond acceptors (Lipinski definition) is 3. The SMILES string of the molecule is CC1CC(C(=O)O)CN(C(=O)Nc2cc(F)c(OC(F)F)cc2F)C1. The minimum Gasteiger partial charge on any atom is -0.481 e. The van der Waals surface area contributed by atoms with Crippen molar-refractivity contribution in [1.29, 1.82) is 0 Å². The van der Waals surface area contributed by atoms with Crippen molar-refractivity contribution < 1.29 is 37.0 Å². The van der Waals surface area contributed by atoms with Crippen LogP contribution in [0.25, 0.3) is 0 Å². The third-order valence-corrected chi connectivity index (χ3v) is 3.78. The number of carboxylic acid groups (broad SMARTS) is 1. The molecule has 1 saturated heterocycles. The van der Waals surface area contributed by atoms with Gasteiger partial charge >= 0.3 is 18.6 Å². The molecule has 1 aliphatic rings. The van der Waals surface area contributed by atoms with Gasteiger partial charge in [-0.05, 0) is 12.3 Å². The topological polar surface area (TPSA) is 78.9 Å². The number of benzene rings is 1. The number of carbonyl (C=O) groups is 2. The van der Waals surface area contributed by atoms with Crippen LogP contribution >= 0.6 is 0 Å². The molecule has 6 nitrogen and oxygen atoms in total. The molecule has 1 aromatic carbocycles. The number of halogens is 4. The monoisotopic (exact) mass is 364 g/mol. The van der Waals surface area contributed by atoms with E-state index in [-0.39, 0.29) is 19.0 Å². The minimum atomic E-state index is -3.32. The van der Waals surface area contributed by atoms with Gasteiger partial charge in [-0.1, -0.05) is 6.92 Å². The van der Waals surface area contributed by atoms with Crippen molar-refractivity contribution >= 4 is 17.7 Å². The number of anilines is 1. The van der Waals surface area contributed by atoms with Gasteiger partial charge in [0.1, 0.15) is 0 Å². The maximum Gasteiger partial charge on any atom is 0.387 e. The van der Waals surface area contributed by atoms with Crippen molar-refractivity contribution in [3.8, 4) is 5.75 Å². The molecule has 0 aromatic heterocycles. The maximum absolute atomic E-state index is 13.9. The number of carbonyl (C=O) groups excluding carboxylic acids is 1. The average Bonchev–Trinajstić information content (AvgIpc) is 2.51. The van der Waals surface area contributed by atoms with Gasteiger partial charge in [0.2, 0.25) is 0 Å². The summed E-state index contributed by atoms with van der Waals surface area (Å²) in [6.45, 7) is -1.36. The highest BCUT2D eigenvalue weighted by Crippen LogP contribution is 2.27. The van der Waals surface area contributed by atoms with Crippen LogP contribution < -0.4 is 10.1 Å². The van der Waals surface area contributed by atoms with Crippen LogP contribution in [0.2, 0.25) is 0 Å². The summed E-state index contributed by atoms with van der Waals surface area (Å²) in [5, 5.41) is 11.2. The number of ether oxygens (including phenoxy) is 1. The van der Waals surface area contributed by atoms with E-state index in [1.807, 2.05) is 0 Å². The first-order valence-corrected chi connectivity index (χ1v) is 7.40. The summed E-state index contributed by atoms with van der Waals surface area (Å²) in [7, 11) is 0. The lowest BCUT2D eigenvalue weighted by Gasteiger charge is -2.34. The second-order valence-electron chi connectivity index (χ2n) is 5.85. The molecular formula is C15H16F4N2O4. The van der Waals surface area contributed by atoms with E-state index in [4.69, 9.17) is 5.11 Å². The standard InChI is InChI=1S/C15H16F4N2O4/c1-7-2-8(13(22)23)6-21(5-7)15(24)20-11-3-10(17)12(4-9(11)16)25-14(18)19/h3-4,7-8,14H,2,5-6H2,1H3,(H,20,24)(H,22,23). The van der Waals surface area contributed by atoms with E-state index in [0.717, 1.165) is 0 Å². The fourth-order valence-electron chi connectivity index (χ4n) is 2.70. The van der Waals surface area contributed by atoms with Crippen molar-refractivity contribution in [3.63, 3.8) is 0 Å². The van der Waals surface area contributed by atoms with Crippen LogP contribution in [0.5, 0.6) is 5.75 Å². The number of hydrogen-bond donors (Lipinski definition) is 2. The van der Waals surface area contributed by atoms with Gasteiger partial charge in [0.25, 0.3) is 0 Å². The number of carboxylic acids is 1. The van der Waals surface area contributed by atoms with Crippen LogP contribution in [-0.4, -0.2) is 41.7 Å². The third kappa shape index (κ3) is 4.74. The molecular weight excluding hydrogens is 348 g/mol. The van der Waals surface area contributed by atoms with E-state index < -0.39 is 47.6 Å². The highest BCUT2D eigenvalue weighted by molar-refractivity contribution is 5.90. The Bertz CT molecular complexity index is 671. The van der Waals surface area contributed by atoms with Crippen molar-refractivity contribution in [3.05, 3.63) is 23.8 Å². The zero-order valence-corrected chi connectivity index (χ0v) is 13.1. The molecule has 138 valence electrons. The van der Waals surface area contributed by atoms with Crippen molar-refractivity contribution in [1.82, 2.24) is 4.90 Å².